The van der Waals surface area contributed by atoms with Gasteiger partial charge in [-0.2, -0.15) is 0 Å². The van der Waals surface area contributed by atoms with E-state index in [1.54, 1.807) is 23.5 Å². The number of morpholine rings is 1. The molecular formula is C22H26N4O4S2. The van der Waals surface area contributed by atoms with Gasteiger partial charge in [0.05, 0.1) is 34.9 Å². The van der Waals surface area contributed by atoms with Crippen molar-refractivity contribution in [3.8, 4) is 5.75 Å². The van der Waals surface area contributed by atoms with Crippen molar-refractivity contribution < 1.29 is 18.3 Å². The molecule has 2 aliphatic rings. The van der Waals surface area contributed by atoms with Crippen LogP contribution < -0.4 is 4.90 Å². The second-order valence-corrected chi connectivity index (χ2v) is 11.7. The van der Waals surface area contributed by atoms with Crippen molar-refractivity contribution in [2.75, 3.05) is 55.8 Å². The number of benzene rings is 1. The van der Waals surface area contributed by atoms with Crippen LogP contribution in [-0.2, 0) is 27.5 Å². The van der Waals surface area contributed by atoms with E-state index in [4.69, 9.17) is 14.7 Å². The van der Waals surface area contributed by atoms with E-state index in [9.17, 15) is 13.5 Å². The number of phenolic OH excluding ortho intramolecular Hbond substituents is 1. The first-order valence-corrected chi connectivity index (χ1v) is 13.4. The highest BCUT2D eigenvalue weighted by atomic mass is 32.2. The van der Waals surface area contributed by atoms with Crippen LogP contribution in [0.3, 0.4) is 0 Å². The van der Waals surface area contributed by atoms with Crippen LogP contribution in [0, 0.1) is 0 Å². The number of thiophene rings is 1. The number of sulfone groups is 1. The van der Waals surface area contributed by atoms with Gasteiger partial charge in [0, 0.05) is 44.0 Å². The van der Waals surface area contributed by atoms with Crippen LogP contribution in [0.4, 0.5) is 5.82 Å². The number of nitrogens with zero attached hydrogens (tertiary/aromatic N) is 4. The largest absolute Gasteiger partial charge is 0.508 e. The molecule has 0 aliphatic carbocycles. The molecule has 10 heteroatoms. The summed E-state index contributed by atoms with van der Waals surface area (Å²) in [4.78, 5) is 15.4. The zero-order chi connectivity index (χ0) is 22.1. The molecular weight excluding hydrogens is 448 g/mol. The molecule has 8 nitrogen and oxygen atoms in total. The van der Waals surface area contributed by atoms with Gasteiger partial charge in [0.2, 0.25) is 0 Å². The maximum absolute atomic E-state index is 11.7. The third-order valence-electron chi connectivity index (χ3n) is 5.85. The summed E-state index contributed by atoms with van der Waals surface area (Å²) in [6, 6.07) is 9.30. The number of ether oxygens (including phenoxy) is 1. The van der Waals surface area contributed by atoms with E-state index in [-0.39, 0.29) is 17.3 Å². The Morgan fingerprint density at radius 3 is 2.59 bits per heavy atom. The molecule has 0 saturated carbocycles. The standard InChI is InChI=1S/C22H26N4O4S2/c27-17-3-1-2-16(12-17)13-20-23-19-14-18(15-25-6-10-32(28,29)11-7-25)31-21(19)22(24-20)26-4-8-30-9-5-26/h1-3,12,14,27H,4-11,13,15H2. The molecule has 0 spiro atoms. The molecule has 0 atom stereocenters. The number of aromatic nitrogens is 2. The van der Waals surface area contributed by atoms with Crippen LogP contribution in [-0.4, -0.2) is 79.3 Å². The fourth-order valence-corrected chi connectivity index (χ4v) is 6.57. The average Bonchev–Trinajstić information content (AvgIpc) is 3.18. The van der Waals surface area contributed by atoms with Crippen LogP contribution in [0.15, 0.2) is 30.3 Å². The lowest BCUT2D eigenvalue weighted by Gasteiger charge is -2.28. The Labute approximate surface area is 191 Å². The summed E-state index contributed by atoms with van der Waals surface area (Å²) < 4.78 is 30.1. The fraction of sp³-hybridized carbons (Fsp3) is 0.455. The molecule has 2 fully saturated rings. The Bertz CT molecular complexity index is 1210. The molecule has 1 aromatic carbocycles. The second kappa shape index (κ2) is 8.93. The highest BCUT2D eigenvalue weighted by Gasteiger charge is 2.24. The molecule has 32 heavy (non-hydrogen) atoms. The fourth-order valence-electron chi connectivity index (χ4n) is 4.14. The third kappa shape index (κ3) is 4.88. The molecule has 170 valence electrons. The molecule has 2 saturated heterocycles. The molecule has 4 heterocycles. The van der Waals surface area contributed by atoms with E-state index in [0.717, 1.165) is 51.9 Å². The van der Waals surface area contributed by atoms with E-state index in [1.807, 2.05) is 12.1 Å². The summed E-state index contributed by atoms with van der Waals surface area (Å²) in [5.74, 6) is 2.34. The lowest BCUT2D eigenvalue weighted by atomic mass is 10.1. The van der Waals surface area contributed by atoms with Crippen LogP contribution >= 0.6 is 11.3 Å². The number of rotatable bonds is 5. The van der Waals surface area contributed by atoms with Gasteiger partial charge in [0.1, 0.15) is 11.6 Å². The van der Waals surface area contributed by atoms with Gasteiger partial charge in [-0.25, -0.2) is 18.4 Å². The first-order valence-electron chi connectivity index (χ1n) is 10.8. The van der Waals surface area contributed by atoms with Gasteiger partial charge >= 0.3 is 0 Å². The first kappa shape index (κ1) is 21.6. The minimum absolute atomic E-state index is 0.227. The molecule has 0 bridgehead atoms. The van der Waals surface area contributed by atoms with Crippen molar-refractivity contribution in [3.05, 3.63) is 46.6 Å². The number of phenols is 1. The van der Waals surface area contributed by atoms with Gasteiger partial charge in [0.25, 0.3) is 0 Å². The molecule has 0 amide bonds. The summed E-state index contributed by atoms with van der Waals surface area (Å²) in [5, 5.41) is 9.81. The van der Waals surface area contributed by atoms with Crippen LogP contribution in [0.25, 0.3) is 10.2 Å². The van der Waals surface area contributed by atoms with Crippen LogP contribution in [0.5, 0.6) is 5.75 Å². The normalized spacial score (nSPS) is 19.4. The van der Waals surface area contributed by atoms with E-state index in [0.29, 0.717) is 32.7 Å². The number of hydrogen-bond donors (Lipinski definition) is 1. The van der Waals surface area contributed by atoms with Gasteiger partial charge in [-0.05, 0) is 23.8 Å². The summed E-state index contributed by atoms with van der Waals surface area (Å²) in [7, 11) is -2.89. The number of aromatic hydroxyl groups is 1. The maximum Gasteiger partial charge on any atom is 0.152 e. The lowest BCUT2D eigenvalue weighted by Crippen LogP contribution is -2.39. The number of anilines is 1. The van der Waals surface area contributed by atoms with E-state index >= 15 is 0 Å². The summed E-state index contributed by atoms with van der Waals surface area (Å²) in [6.07, 6.45) is 0.539. The average molecular weight is 475 g/mol. The zero-order valence-electron chi connectivity index (χ0n) is 17.7. The zero-order valence-corrected chi connectivity index (χ0v) is 19.4. The summed E-state index contributed by atoms with van der Waals surface area (Å²) in [6.45, 7) is 4.79. The molecule has 0 unspecified atom stereocenters. The van der Waals surface area contributed by atoms with Gasteiger partial charge in [0.15, 0.2) is 15.7 Å². The van der Waals surface area contributed by atoms with Crippen molar-refractivity contribution in [3.63, 3.8) is 0 Å². The van der Waals surface area contributed by atoms with Crippen LogP contribution in [0.1, 0.15) is 16.3 Å². The van der Waals surface area contributed by atoms with Gasteiger partial charge in [-0.1, -0.05) is 12.1 Å². The minimum Gasteiger partial charge on any atom is -0.508 e. The smallest absolute Gasteiger partial charge is 0.152 e. The highest BCUT2D eigenvalue weighted by Crippen LogP contribution is 2.34. The minimum atomic E-state index is -2.89. The highest BCUT2D eigenvalue weighted by molar-refractivity contribution is 7.91. The second-order valence-electron chi connectivity index (χ2n) is 8.26. The van der Waals surface area contributed by atoms with Crippen molar-refractivity contribution in [1.29, 1.82) is 0 Å². The Morgan fingerprint density at radius 1 is 1.06 bits per heavy atom. The maximum atomic E-state index is 11.7. The Balaban J connectivity index is 1.46. The third-order valence-corrected chi connectivity index (χ3v) is 8.57. The van der Waals surface area contributed by atoms with E-state index in [1.165, 1.54) is 0 Å². The molecule has 2 aliphatic heterocycles. The van der Waals surface area contributed by atoms with E-state index in [2.05, 4.69) is 15.9 Å². The van der Waals surface area contributed by atoms with Crippen molar-refractivity contribution in [2.45, 2.75) is 13.0 Å². The molecule has 5 rings (SSSR count). The summed E-state index contributed by atoms with van der Waals surface area (Å²) >= 11 is 1.69. The Hall–Kier alpha value is -2.27. The molecule has 3 aromatic rings. The van der Waals surface area contributed by atoms with Gasteiger partial charge in [-0.15, -0.1) is 11.3 Å². The molecule has 1 N–H and O–H groups in total. The van der Waals surface area contributed by atoms with Crippen molar-refractivity contribution >= 4 is 37.2 Å². The monoisotopic (exact) mass is 474 g/mol. The lowest BCUT2D eigenvalue weighted by molar-refractivity contribution is 0.122. The molecule has 2 aromatic heterocycles. The van der Waals surface area contributed by atoms with Crippen molar-refractivity contribution in [1.82, 2.24) is 14.9 Å². The van der Waals surface area contributed by atoms with Crippen LogP contribution in [0.2, 0.25) is 0 Å². The predicted molar refractivity (Wildman–Crippen MR) is 125 cm³/mol. The number of hydrogen-bond acceptors (Lipinski definition) is 9. The number of fused-ring (bicyclic) bond motifs is 1. The quantitative estimate of drug-likeness (QED) is 0.600. The van der Waals surface area contributed by atoms with Gasteiger partial charge in [-0.3, -0.25) is 4.90 Å². The van der Waals surface area contributed by atoms with Gasteiger partial charge < -0.3 is 14.7 Å². The Kier molecular flexibility index (Phi) is 6.02. The molecule has 0 radical (unpaired) electrons. The SMILES string of the molecule is O=S1(=O)CCN(Cc2cc3nc(Cc4cccc(O)c4)nc(N4CCOCC4)c3s2)CC1. The van der Waals surface area contributed by atoms with E-state index < -0.39 is 9.84 Å². The first-order chi connectivity index (χ1) is 15.4. The Morgan fingerprint density at radius 2 is 1.84 bits per heavy atom. The topological polar surface area (TPSA) is 95.9 Å². The summed E-state index contributed by atoms with van der Waals surface area (Å²) in [5.41, 5.74) is 1.88. The van der Waals surface area contributed by atoms with Crippen molar-refractivity contribution in [2.24, 2.45) is 0 Å². The predicted octanol–water partition coefficient (Wildman–Crippen LogP) is 2.05.